The van der Waals surface area contributed by atoms with Gasteiger partial charge in [-0.3, -0.25) is 9.69 Å². The predicted molar refractivity (Wildman–Crippen MR) is 66.3 cm³/mol. The molecule has 0 saturated carbocycles. The average Bonchev–Trinajstić information content (AvgIpc) is 2.25. The maximum Gasteiger partial charge on any atom is 0.234 e. The monoisotopic (exact) mass is 230 g/mol. The standard InChI is InChI=1S/C12H26N2O2/c1-5-11(6-2)13-12(16)9-14(7-8-15)10(3)4/h10-11,15H,5-9H2,1-4H3,(H,13,16). The second-order valence-corrected chi connectivity index (χ2v) is 4.37. The summed E-state index contributed by atoms with van der Waals surface area (Å²) in [6.45, 7) is 9.21. The average molecular weight is 230 g/mol. The first-order valence-corrected chi connectivity index (χ1v) is 6.19. The predicted octanol–water partition coefficient (Wildman–Crippen LogP) is 0.994. The first-order valence-electron chi connectivity index (χ1n) is 6.19. The van der Waals surface area contributed by atoms with Gasteiger partial charge < -0.3 is 10.4 Å². The summed E-state index contributed by atoms with van der Waals surface area (Å²) >= 11 is 0. The lowest BCUT2D eigenvalue weighted by Gasteiger charge is -2.26. The molecule has 0 rings (SSSR count). The van der Waals surface area contributed by atoms with Crippen LogP contribution in [0.3, 0.4) is 0 Å². The fourth-order valence-corrected chi connectivity index (χ4v) is 1.60. The molecule has 0 saturated heterocycles. The fraction of sp³-hybridized carbons (Fsp3) is 0.917. The smallest absolute Gasteiger partial charge is 0.234 e. The summed E-state index contributed by atoms with van der Waals surface area (Å²) in [5.74, 6) is 0.0517. The molecule has 0 unspecified atom stereocenters. The summed E-state index contributed by atoms with van der Waals surface area (Å²) in [6.07, 6.45) is 1.92. The molecule has 0 heterocycles. The van der Waals surface area contributed by atoms with Crippen LogP contribution in [0.4, 0.5) is 0 Å². The number of carbonyl (C=O) groups excluding carboxylic acids is 1. The molecule has 0 aromatic rings. The van der Waals surface area contributed by atoms with Crippen molar-refractivity contribution in [1.29, 1.82) is 0 Å². The minimum Gasteiger partial charge on any atom is -0.395 e. The molecule has 96 valence electrons. The third kappa shape index (κ3) is 6.08. The van der Waals surface area contributed by atoms with Crippen molar-refractivity contribution in [2.24, 2.45) is 0 Å². The largest absolute Gasteiger partial charge is 0.395 e. The van der Waals surface area contributed by atoms with Gasteiger partial charge in [0.15, 0.2) is 0 Å². The summed E-state index contributed by atoms with van der Waals surface area (Å²) in [7, 11) is 0. The van der Waals surface area contributed by atoms with Gasteiger partial charge in [-0.05, 0) is 26.7 Å². The van der Waals surface area contributed by atoms with E-state index in [1.807, 2.05) is 18.7 Å². The van der Waals surface area contributed by atoms with Crippen LogP contribution < -0.4 is 5.32 Å². The molecule has 0 aromatic carbocycles. The highest BCUT2D eigenvalue weighted by atomic mass is 16.3. The van der Waals surface area contributed by atoms with Crippen molar-refractivity contribution in [2.45, 2.75) is 52.6 Å². The van der Waals surface area contributed by atoms with Crippen molar-refractivity contribution in [2.75, 3.05) is 19.7 Å². The Morgan fingerprint density at radius 2 is 1.88 bits per heavy atom. The molecule has 0 aromatic heterocycles. The van der Waals surface area contributed by atoms with E-state index in [-0.39, 0.29) is 24.6 Å². The number of hydrogen-bond donors (Lipinski definition) is 2. The normalized spacial score (nSPS) is 11.5. The van der Waals surface area contributed by atoms with Crippen LogP contribution in [0.2, 0.25) is 0 Å². The molecule has 16 heavy (non-hydrogen) atoms. The van der Waals surface area contributed by atoms with Gasteiger partial charge in [0, 0.05) is 18.6 Å². The van der Waals surface area contributed by atoms with E-state index in [1.165, 1.54) is 0 Å². The first-order chi connectivity index (χ1) is 7.54. The molecule has 0 aliphatic rings. The zero-order valence-corrected chi connectivity index (χ0v) is 11.0. The summed E-state index contributed by atoms with van der Waals surface area (Å²) in [5.41, 5.74) is 0. The van der Waals surface area contributed by atoms with Crippen molar-refractivity contribution < 1.29 is 9.90 Å². The first kappa shape index (κ1) is 15.4. The molecule has 0 aliphatic heterocycles. The molecule has 2 N–H and O–H groups in total. The molecular weight excluding hydrogens is 204 g/mol. The third-order valence-electron chi connectivity index (χ3n) is 2.81. The van der Waals surface area contributed by atoms with Crippen molar-refractivity contribution in [3.8, 4) is 0 Å². The molecule has 4 nitrogen and oxygen atoms in total. The SMILES string of the molecule is CCC(CC)NC(=O)CN(CCO)C(C)C. The summed E-state index contributed by atoms with van der Waals surface area (Å²) in [6, 6.07) is 0.551. The summed E-state index contributed by atoms with van der Waals surface area (Å²) in [5, 5.41) is 11.9. The molecule has 0 atom stereocenters. The maximum atomic E-state index is 11.7. The van der Waals surface area contributed by atoms with Gasteiger partial charge in [0.05, 0.1) is 13.2 Å². The second kappa shape index (κ2) is 8.53. The lowest BCUT2D eigenvalue weighted by atomic mass is 10.2. The Morgan fingerprint density at radius 3 is 2.25 bits per heavy atom. The van der Waals surface area contributed by atoms with E-state index in [2.05, 4.69) is 19.2 Å². The van der Waals surface area contributed by atoms with Crippen molar-refractivity contribution in [1.82, 2.24) is 10.2 Å². The van der Waals surface area contributed by atoms with Crippen LogP contribution in [-0.2, 0) is 4.79 Å². The highest BCUT2D eigenvalue weighted by molar-refractivity contribution is 5.78. The van der Waals surface area contributed by atoms with E-state index in [1.54, 1.807) is 0 Å². The van der Waals surface area contributed by atoms with Crippen molar-refractivity contribution in [3.63, 3.8) is 0 Å². The van der Waals surface area contributed by atoms with E-state index in [0.717, 1.165) is 12.8 Å². The maximum absolute atomic E-state index is 11.7. The lowest BCUT2D eigenvalue weighted by Crippen LogP contribution is -2.44. The Hall–Kier alpha value is -0.610. The number of amides is 1. The topological polar surface area (TPSA) is 52.6 Å². The van der Waals surface area contributed by atoms with Gasteiger partial charge in [-0.25, -0.2) is 0 Å². The van der Waals surface area contributed by atoms with Crippen LogP contribution >= 0.6 is 0 Å². The fourth-order valence-electron chi connectivity index (χ4n) is 1.60. The molecule has 0 bridgehead atoms. The molecule has 4 heteroatoms. The van der Waals surface area contributed by atoms with Gasteiger partial charge in [0.1, 0.15) is 0 Å². The number of nitrogens with one attached hydrogen (secondary N) is 1. The molecule has 0 aliphatic carbocycles. The van der Waals surface area contributed by atoms with Crippen LogP contribution in [0.5, 0.6) is 0 Å². The number of nitrogens with zero attached hydrogens (tertiary/aromatic N) is 1. The van der Waals surface area contributed by atoms with E-state index >= 15 is 0 Å². The van der Waals surface area contributed by atoms with Gasteiger partial charge in [0.2, 0.25) is 5.91 Å². The molecule has 0 spiro atoms. The summed E-state index contributed by atoms with van der Waals surface area (Å²) < 4.78 is 0. The Balaban J connectivity index is 4.08. The van der Waals surface area contributed by atoms with E-state index in [4.69, 9.17) is 5.11 Å². The second-order valence-electron chi connectivity index (χ2n) is 4.37. The highest BCUT2D eigenvalue weighted by Gasteiger charge is 2.15. The zero-order chi connectivity index (χ0) is 12.6. The van der Waals surface area contributed by atoms with E-state index < -0.39 is 0 Å². The van der Waals surface area contributed by atoms with Crippen LogP contribution in [0.25, 0.3) is 0 Å². The Labute approximate surface area is 99.0 Å². The summed E-state index contributed by atoms with van der Waals surface area (Å²) in [4.78, 5) is 13.7. The number of aliphatic hydroxyl groups excluding tert-OH is 1. The van der Waals surface area contributed by atoms with Crippen LogP contribution in [0.15, 0.2) is 0 Å². The van der Waals surface area contributed by atoms with Crippen LogP contribution in [-0.4, -0.2) is 47.7 Å². The van der Waals surface area contributed by atoms with E-state index in [0.29, 0.717) is 13.1 Å². The third-order valence-corrected chi connectivity index (χ3v) is 2.81. The minimum atomic E-state index is 0.0517. The van der Waals surface area contributed by atoms with Gasteiger partial charge >= 0.3 is 0 Å². The van der Waals surface area contributed by atoms with Gasteiger partial charge in [-0.15, -0.1) is 0 Å². The quantitative estimate of drug-likeness (QED) is 0.654. The van der Waals surface area contributed by atoms with Crippen molar-refractivity contribution in [3.05, 3.63) is 0 Å². The molecule has 0 fully saturated rings. The van der Waals surface area contributed by atoms with Crippen LogP contribution in [0, 0.1) is 0 Å². The van der Waals surface area contributed by atoms with Gasteiger partial charge in [0.25, 0.3) is 0 Å². The van der Waals surface area contributed by atoms with Gasteiger partial charge in [-0.1, -0.05) is 13.8 Å². The van der Waals surface area contributed by atoms with Gasteiger partial charge in [-0.2, -0.15) is 0 Å². The van der Waals surface area contributed by atoms with Crippen molar-refractivity contribution >= 4 is 5.91 Å². The Bertz CT molecular complexity index is 191. The number of carbonyl (C=O) groups is 1. The number of hydrogen-bond acceptors (Lipinski definition) is 3. The Kier molecular flexibility index (Phi) is 8.21. The van der Waals surface area contributed by atoms with Crippen LogP contribution in [0.1, 0.15) is 40.5 Å². The Morgan fingerprint density at radius 1 is 1.31 bits per heavy atom. The minimum absolute atomic E-state index is 0.0517. The molecule has 0 radical (unpaired) electrons. The molecule has 1 amide bonds. The zero-order valence-electron chi connectivity index (χ0n) is 11.0. The highest BCUT2D eigenvalue weighted by Crippen LogP contribution is 1.99. The number of rotatable bonds is 8. The number of aliphatic hydroxyl groups is 1. The lowest BCUT2D eigenvalue weighted by molar-refractivity contribution is -0.123. The molecular formula is C12H26N2O2. The van der Waals surface area contributed by atoms with E-state index in [9.17, 15) is 4.79 Å².